The zero-order valence-corrected chi connectivity index (χ0v) is 12.0. The molecule has 2 heteroatoms. The lowest BCUT2D eigenvalue weighted by atomic mass is 9.98. The minimum atomic E-state index is 0.143. The Bertz CT molecular complexity index is 610. The molecule has 0 amide bonds. The van der Waals surface area contributed by atoms with Gasteiger partial charge in [-0.15, -0.1) is 0 Å². The predicted molar refractivity (Wildman–Crippen MR) is 81.0 cm³/mol. The standard InChI is InChI=1S/C17H22N2/c1-17(2,3)19-11-15-13-7-5-4-6-12(13)8-9-14(15)16(19)10-18/h4-9,16H,10-11,18H2,1-3H3. The summed E-state index contributed by atoms with van der Waals surface area (Å²) in [5.74, 6) is 0. The molecule has 2 nitrogen and oxygen atoms in total. The first-order chi connectivity index (χ1) is 9.02. The van der Waals surface area contributed by atoms with E-state index in [1.807, 2.05) is 0 Å². The largest absolute Gasteiger partial charge is 0.329 e. The molecule has 0 aliphatic carbocycles. The highest BCUT2D eigenvalue weighted by Crippen LogP contribution is 2.41. The molecule has 2 N–H and O–H groups in total. The maximum Gasteiger partial charge on any atom is 0.0482 e. The maximum absolute atomic E-state index is 6.04. The first-order valence-electron chi connectivity index (χ1n) is 6.99. The van der Waals surface area contributed by atoms with Crippen molar-refractivity contribution in [2.45, 2.75) is 38.9 Å². The summed E-state index contributed by atoms with van der Waals surface area (Å²) >= 11 is 0. The van der Waals surface area contributed by atoms with Crippen LogP contribution >= 0.6 is 0 Å². The van der Waals surface area contributed by atoms with Gasteiger partial charge in [0.25, 0.3) is 0 Å². The summed E-state index contributed by atoms with van der Waals surface area (Å²) in [6.45, 7) is 8.49. The monoisotopic (exact) mass is 254 g/mol. The number of nitrogens with zero attached hydrogens (tertiary/aromatic N) is 1. The van der Waals surface area contributed by atoms with Gasteiger partial charge < -0.3 is 5.73 Å². The van der Waals surface area contributed by atoms with Gasteiger partial charge in [0.05, 0.1) is 0 Å². The van der Waals surface area contributed by atoms with Crippen molar-refractivity contribution >= 4 is 10.8 Å². The number of benzene rings is 2. The van der Waals surface area contributed by atoms with Crippen molar-refractivity contribution in [2.24, 2.45) is 5.73 Å². The van der Waals surface area contributed by atoms with E-state index < -0.39 is 0 Å². The number of hydrogen-bond acceptors (Lipinski definition) is 2. The summed E-state index contributed by atoms with van der Waals surface area (Å²) in [6.07, 6.45) is 0. The second-order valence-corrected chi connectivity index (χ2v) is 6.40. The molecule has 0 aromatic heterocycles. The number of hydrogen-bond donors (Lipinski definition) is 1. The van der Waals surface area contributed by atoms with Crippen molar-refractivity contribution < 1.29 is 0 Å². The summed E-state index contributed by atoms with van der Waals surface area (Å²) in [5, 5.41) is 2.71. The van der Waals surface area contributed by atoms with E-state index in [1.165, 1.54) is 21.9 Å². The van der Waals surface area contributed by atoms with Gasteiger partial charge in [-0.3, -0.25) is 4.90 Å². The molecule has 2 aromatic carbocycles. The quantitative estimate of drug-likeness (QED) is 0.844. The summed E-state index contributed by atoms with van der Waals surface area (Å²) < 4.78 is 0. The third-order valence-electron chi connectivity index (χ3n) is 4.23. The molecule has 1 atom stereocenters. The molecule has 1 aliphatic heterocycles. The third kappa shape index (κ3) is 1.96. The van der Waals surface area contributed by atoms with Crippen LogP contribution in [0.5, 0.6) is 0 Å². The van der Waals surface area contributed by atoms with Crippen LogP contribution in [0, 0.1) is 0 Å². The van der Waals surface area contributed by atoms with Crippen LogP contribution < -0.4 is 5.73 Å². The van der Waals surface area contributed by atoms with Crippen LogP contribution in [0.1, 0.15) is 37.9 Å². The van der Waals surface area contributed by atoms with Crippen LogP contribution in [-0.4, -0.2) is 17.0 Å². The van der Waals surface area contributed by atoms with E-state index in [0.29, 0.717) is 12.6 Å². The number of nitrogens with two attached hydrogens (primary N) is 1. The summed E-state index contributed by atoms with van der Waals surface area (Å²) in [5.41, 5.74) is 9.06. The average Bonchev–Trinajstić information content (AvgIpc) is 2.77. The molecule has 0 fully saturated rings. The van der Waals surface area contributed by atoms with Crippen LogP contribution in [0.2, 0.25) is 0 Å². The Morgan fingerprint density at radius 1 is 1.16 bits per heavy atom. The minimum Gasteiger partial charge on any atom is -0.329 e. The van der Waals surface area contributed by atoms with E-state index in [0.717, 1.165) is 6.54 Å². The summed E-state index contributed by atoms with van der Waals surface area (Å²) in [7, 11) is 0. The molecule has 1 heterocycles. The lowest BCUT2D eigenvalue weighted by Gasteiger charge is -2.36. The molecule has 19 heavy (non-hydrogen) atoms. The van der Waals surface area contributed by atoms with Crippen LogP contribution in [0.25, 0.3) is 10.8 Å². The van der Waals surface area contributed by atoms with Crippen LogP contribution in [0.3, 0.4) is 0 Å². The predicted octanol–water partition coefficient (Wildman–Crippen LogP) is 3.45. The van der Waals surface area contributed by atoms with E-state index in [2.05, 4.69) is 62.1 Å². The van der Waals surface area contributed by atoms with Crippen molar-refractivity contribution in [3.63, 3.8) is 0 Å². The van der Waals surface area contributed by atoms with Gasteiger partial charge in [-0.25, -0.2) is 0 Å². The Labute approximate surface area is 115 Å². The van der Waals surface area contributed by atoms with Gasteiger partial charge in [-0.2, -0.15) is 0 Å². The van der Waals surface area contributed by atoms with Crippen molar-refractivity contribution in [2.75, 3.05) is 6.54 Å². The molecule has 100 valence electrons. The van der Waals surface area contributed by atoms with Gasteiger partial charge in [0.1, 0.15) is 0 Å². The number of rotatable bonds is 1. The third-order valence-corrected chi connectivity index (χ3v) is 4.23. The fraction of sp³-hybridized carbons (Fsp3) is 0.412. The molecular weight excluding hydrogens is 232 g/mol. The summed E-state index contributed by atoms with van der Waals surface area (Å²) in [4.78, 5) is 2.52. The van der Waals surface area contributed by atoms with E-state index in [9.17, 15) is 0 Å². The van der Waals surface area contributed by atoms with Crippen LogP contribution in [0.4, 0.5) is 0 Å². The van der Waals surface area contributed by atoms with Gasteiger partial charge in [-0.05, 0) is 42.7 Å². The Morgan fingerprint density at radius 3 is 2.58 bits per heavy atom. The van der Waals surface area contributed by atoms with Crippen molar-refractivity contribution in [3.8, 4) is 0 Å². The number of fused-ring (bicyclic) bond motifs is 3. The van der Waals surface area contributed by atoms with Crippen molar-refractivity contribution in [3.05, 3.63) is 47.5 Å². The Kier molecular flexibility index (Phi) is 2.88. The zero-order chi connectivity index (χ0) is 13.6. The zero-order valence-electron chi connectivity index (χ0n) is 12.0. The van der Waals surface area contributed by atoms with Crippen molar-refractivity contribution in [1.82, 2.24) is 4.90 Å². The molecule has 0 bridgehead atoms. The lowest BCUT2D eigenvalue weighted by molar-refractivity contribution is 0.0950. The first kappa shape index (κ1) is 12.6. The normalized spacial score (nSPS) is 19.9. The molecule has 0 spiro atoms. The van der Waals surface area contributed by atoms with Crippen LogP contribution in [-0.2, 0) is 6.54 Å². The Morgan fingerprint density at radius 2 is 1.89 bits per heavy atom. The van der Waals surface area contributed by atoms with Gasteiger partial charge >= 0.3 is 0 Å². The smallest absolute Gasteiger partial charge is 0.0482 e. The molecular formula is C17H22N2. The summed E-state index contributed by atoms with van der Waals surface area (Å²) in [6, 6.07) is 13.5. The first-order valence-corrected chi connectivity index (χ1v) is 6.99. The van der Waals surface area contributed by atoms with E-state index in [4.69, 9.17) is 5.73 Å². The minimum absolute atomic E-state index is 0.143. The molecule has 1 unspecified atom stereocenters. The maximum atomic E-state index is 6.04. The van der Waals surface area contributed by atoms with Gasteiger partial charge in [0.15, 0.2) is 0 Å². The Hall–Kier alpha value is -1.38. The van der Waals surface area contributed by atoms with Gasteiger partial charge in [0.2, 0.25) is 0 Å². The van der Waals surface area contributed by atoms with E-state index >= 15 is 0 Å². The molecule has 0 saturated carbocycles. The average molecular weight is 254 g/mol. The lowest BCUT2D eigenvalue weighted by Crippen LogP contribution is -2.42. The van der Waals surface area contributed by atoms with Gasteiger partial charge in [-0.1, -0.05) is 36.4 Å². The van der Waals surface area contributed by atoms with E-state index in [-0.39, 0.29) is 5.54 Å². The molecule has 1 aliphatic rings. The molecule has 0 radical (unpaired) electrons. The Balaban J connectivity index is 2.18. The fourth-order valence-corrected chi connectivity index (χ4v) is 3.25. The second kappa shape index (κ2) is 4.32. The highest BCUT2D eigenvalue weighted by molar-refractivity contribution is 5.87. The molecule has 3 rings (SSSR count). The topological polar surface area (TPSA) is 29.3 Å². The van der Waals surface area contributed by atoms with Crippen molar-refractivity contribution in [1.29, 1.82) is 0 Å². The highest BCUT2D eigenvalue weighted by Gasteiger charge is 2.36. The second-order valence-electron chi connectivity index (χ2n) is 6.40. The van der Waals surface area contributed by atoms with E-state index in [1.54, 1.807) is 0 Å². The molecule has 2 aromatic rings. The highest BCUT2D eigenvalue weighted by atomic mass is 15.2. The van der Waals surface area contributed by atoms with Gasteiger partial charge in [0, 0.05) is 24.7 Å². The fourth-order valence-electron chi connectivity index (χ4n) is 3.25. The van der Waals surface area contributed by atoms with Crippen LogP contribution in [0.15, 0.2) is 36.4 Å². The molecule has 0 saturated heterocycles. The SMILES string of the molecule is CC(C)(C)N1Cc2c(ccc3ccccc23)C1CN.